The number of benzene rings is 2. The maximum absolute atomic E-state index is 12.5. The topological polar surface area (TPSA) is 72.2 Å². The van der Waals surface area contributed by atoms with Crippen molar-refractivity contribution in [1.29, 1.82) is 0 Å². The van der Waals surface area contributed by atoms with E-state index >= 15 is 0 Å². The Balaban J connectivity index is 2.42. The second kappa shape index (κ2) is 6.17. The number of hydrogen-bond acceptors (Lipinski definition) is 3. The van der Waals surface area contributed by atoms with Gasteiger partial charge >= 0.3 is 0 Å². The van der Waals surface area contributed by atoms with Crippen molar-refractivity contribution in [2.45, 2.75) is 25.3 Å². The molecule has 0 aliphatic heterocycles. The summed E-state index contributed by atoms with van der Waals surface area (Å²) in [7, 11) is -3.63. The molecule has 4 nitrogen and oxygen atoms in total. The molecule has 2 rings (SSSR count). The highest BCUT2D eigenvalue weighted by atomic mass is 79.9. The van der Waals surface area contributed by atoms with Crippen LogP contribution in [-0.2, 0) is 16.6 Å². The lowest BCUT2D eigenvalue weighted by Gasteiger charge is -2.13. The Labute approximate surface area is 133 Å². The number of rotatable bonds is 4. The molecule has 0 aliphatic rings. The van der Waals surface area contributed by atoms with Crippen molar-refractivity contribution in [3.63, 3.8) is 0 Å². The smallest absolute Gasteiger partial charge is 0.262 e. The van der Waals surface area contributed by atoms with Crippen LogP contribution >= 0.6 is 15.9 Å². The van der Waals surface area contributed by atoms with Crippen LogP contribution < -0.4 is 10.5 Å². The molecule has 2 aromatic carbocycles. The van der Waals surface area contributed by atoms with Crippen molar-refractivity contribution in [3.8, 4) is 0 Å². The van der Waals surface area contributed by atoms with Gasteiger partial charge in [0.05, 0.1) is 4.90 Å². The summed E-state index contributed by atoms with van der Waals surface area (Å²) in [5.41, 5.74) is 8.71. The van der Waals surface area contributed by atoms with Crippen molar-refractivity contribution < 1.29 is 8.42 Å². The van der Waals surface area contributed by atoms with Crippen molar-refractivity contribution in [2.75, 3.05) is 4.72 Å². The Morgan fingerprint density at radius 3 is 2.29 bits per heavy atom. The maximum atomic E-state index is 12.5. The number of nitrogens with one attached hydrogen (secondary N) is 1. The number of halogens is 1. The molecule has 21 heavy (non-hydrogen) atoms. The lowest BCUT2D eigenvalue weighted by atomic mass is 10.1. The third-order valence-electron chi connectivity index (χ3n) is 3.24. The average molecular weight is 369 g/mol. The molecule has 0 radical (unpaired) electrons. The molecule has 0 unspecified atom stereocenters. The maximum Gasteiger partial charge on any atom is 0.262 e. The number of sulfonamides is 1. The quantitative estimate of drug-likeness (QED) is 0.869. The lowest BCUT2D eigenvalue weighted by molar-refractivity contribution is 0.600. The van der Waals surface area contributed by atoms with Crippen LogP contribution in [0.5, 0.6) is 0 Å². The van der Waals surface area contributed by atoms with Crippen LogP contribution in [0, 0.1) is 13.8 Å². The molecule has 0 saturated heterocycles. The van der Waals surface area contributed by atoms with Gasteiger partial charge in [-0.25, -0.2) is 8.42 Å². The molecule has 0 atom stereocenters. The summed E-state index contributed by atoms with van der Waals surface area (Å²) in [5.74, 6) is 0. The number of hydrogen-bond donors (Lipinski definition) is 2. The molecule has 0 aromatic heterocycles. The standard InChI is InChI=1S/C15H17BrN2O2S/c1-10-7-11(2)15(8-12(10)9-17)21(19,20)18-14-5-3-13(16)4-6-14/h3-8,18H,9,17H2,1-2H3. The second-order valence-electron chi connectivity index (χ2n) is 4.86. The van der Waals surface area contributed by atoms with Gasteiger partial charge < -0.3 is 5.73 Å². The van der Waals surface area contributed by atoms with Crippen LogP contribution in [0.15, 0.2) is 45.8 Å². The van der Waals surface area contributed by atoms with Crippen molar-refractivity contribution in [1.82, 2.24) is 0 Å². The van der Waals surface area contributed by atoms with Gasteiger partial charge in [-0.15, -0.1) is 0 Å². The molecule has 2 aromatic rings. The fourth-order valence-electron chi connectivity index (χ4n) is 2.11. The summed E-state index contributed by atoms with van der Waals surface area (Å²) in [6, 6.07) is 10.5. The Morgan fingerprint density at radius 2 is 1.71 bits per heavy atom. The molecule has 0 bridgehead atoms. The van der Waals surface area contributed by atoms with Gasteiger partial charge in [-0.3, -0.25) is 4.72 Å². The van der Waals surface area contributed by atoms with Gasteiger partial charge in [-0.1, -0.05) is 22.0 Å². The summed E-state index contributed by atoms with van der Waals surface area (Å²) in [6.07, 6.45) is 0. The fraction of sp³-hybridized carbons (Fsp3) is 0.200. The molecule has 0 spiro atoms. The summed E-state index contributed by atoms with van der Waals surface area (Å²) in [5, 5.41) is 0. The first-order chi connectivity index (χ1) is 9.83. The fourth-order valence-corrected chi connectivity index (χ4v) is 3.71. The Morgan fingerprint density at radius 1 is 1.10 bits per heavy atom. The third-order valence-corrected chi connectivity index (χ3v) is 5.29. The van der Waals surface area contributed by atoms with Crippen molar-refractivity contribution >= 4 is 31.6 Å². The molecule has 0 saturated carbocycles. The van der Waals surface area contributed by atoms with Crippen LogP contribution in [0.4, 0.5) is 5.69 Å². The molecule has 6 heteroatoms. The second-order valence-corrected chi connectivity index (χ2v) is 7.43. The van der Waals surface area contributed by atoms with Crippen LogP contribution in [0.2, 0.25) is 0 Å². The van der Waals surface area contributed by atoms with E-state index in [1.807, 2.05) is 13.0 Å². The van der Waals surface area contributed by atoms with Crippen LogP contribution in [0.1, 0.15) is 16.7 Å². The molecule has 0 fully saturated rings. The van der Waals surface area contributed by atoms with E-state index in [4.69, 9.17) is 5.73 Å². The molecule has 0 heterocycles. The van der Waals surface area contributed by atoms with Gasteiger partial charge in [0, 0.05) is 16.7 Å². The van der Waals surface area contributed by atoms with E-state index in [0.717, 1.165) is 15.6 Å². The molecule has 112 valence electrons. The molecule has 0 aliphatic carbocycles. The number of anilines is 1. The van der Waals surface area contributed by atoms with E-state index in [9.17, 15) is 8.42 Å². The van der Waals surface area contributed by atoms with Crippen LogP contribution in [-0.4, -0.2) is 8.42 Å². The van der Waals surface area contributed by atoms with E-state index in [0.29, 0.717) is 17.8 Å². The van der Waals surface area contributed by atoms with Gasteiger partial charge in [0.2, 0.25) is 0 Å². The van der Waals surface area contributed by atoms with Crippen molar-refractivity contribution in [3.05, 3.63) is 57.6 Å². The van der Waals surface area contributed by atoms with Gasteiger partial charge in [0.15, 0.2) is 0 Å². The van der Waals surface area contributed by atoms with E-state index < -0.39 is 10.0 Å². The van der Waals surface area contributed by atoms with Gasteiger partial charge in [-0.05, 0) is 60.9 Å². The summed E-state index contributed by atoms with van der Waals surface area (Å²) in [6.45, 7) is 4.02. The molecular formula is C15H17BrN2O2S. The predicted octanol–water partition coefficient (Wildman–Crippen LogP) is 3.33. The van der Waals surface area contributed by atoms with Gasteiger partial charge in [-0.2, -0.15) is 0 Å². The Kier molecular flexibility index (Phi) is 4.70. The molecular weight excluding hydrogens is 352 g/mol. The highest BCUT2D eigenvalue weighted by Gasteiger charge is 2.18. The summed E-state index contributed by atoms with van der Waals surface area (Å²) >= 11 is 3.32. The zero-order valence-corrected chi connectivity index (χ0v) is 14.3. The monoisotopic (exact) mass is 368 g/mol. The van der Waals surface area contributed by atoms with Crippen LogP contribution in [0.25, 0.3) is 0 Å². The zero-order chi connectivity index (χ0) is 15.6. The Hall–Kier alpha value is -1.37. The largest absolute Gasteiger partial charge is 0.326 e. The minimum absolute atomic E-state index is 0.261. The van der Waals surface area contributed by atoms with E-state index in [2.05, 4.69) is 20.7 Å². The first kappa shape index (κ1) is 16.0. The minimum atomic E-state index is -3.63. The molecule has 0 amide bonds. The van der Waals surface area contributed by atoms with E-state index in [1.54, 1.807) is 37.3 Å². The zero-order valence-electron chi connectivity index (χ0n) is 11.9. The van der Waals surface area contributed by atoms with E-state index in [1.165, 1.54) is 0 Å². The molecule has 3 N–H and O–H groups in total. The first-order valence-corrected chi connectivity index (χ1v) is 8.69. The number of aryl methyl sites for hydroxylation is 2. The Bertz CT molecular complexity index is 756. The number of nitrogens with two attached hydrogens (primary N) is 1. The predicted molar refractivity (Wildman–Crippen MR) is 88.8 cm³/mol. The normalized spacial score (nSPS) is 11.4. The summed E-state index contributed by atoms with van der Waals surface area (Å²) < 4.78 is 28.5. The van der Waals surface area contributed by atoms with Crippen LogP contribution in [0.3, 0.4) is 0 Å². The average Bonchev–Trinajstić information content (AvgIpc) is 2.41. The van der Waals surface area contributed by atoms with E-state index in [-0.39, 0.29) is 4.90 Å². The summed E-state index contributed by atoms with van der Waals surface area (Å²) in [4.78, 5) is 0.261. The highest BCUT2D eigenvalue weighted by molar-refractivity contribution is 9.10. The van der Waals surface area contributed by atoms with Gasteiger partial charge in [0.1, 0.15) is 0 Å². The minimum Gasteiger partial charge on any atom is -0.326 e. The first-order valence-electron chi connectivity index (χ1n) is 6.42. The van der Waals surface area contributed by atoms with Gasteiger partial charge in [0.25, 0.3) is 10.0 Å². The highest BCUT2D eigenvalue weighted by Crippen LogP contribution is 2.23. The van der Waals surface area contributed by atoms with Crippen molar-refractivity contribution in [2.24, 2.45) is 5.73 Å². The lowest BCUT2D eigenvalue weighted by Crippen LogP contribution is -2.15. The SMILES string of the molecule is Cc1cc(C)c(S(=O)(=O)Nc2ccc(Br)cc2)cc1CN. The third kappa shape index (κ3) is 3.64.